The van der Waals surface area contributed by atoms with Gasteiger partial charge in [0, 0.05) is 25.2 Å². The van der Waals surface area contributed by atoms with Crippen molar-refractivity contribution in [1.82, 2.24) is 14.7 Å². The van der Waals surface area contributed by atoms with E-state index in [1.54, 1.807) is 35.0 Å². The Hall–Kier alpha value is -3.28. The van der Waals surface area contributed by atoms with Gasteiger partial charge in [0.15, 0.2) is 0 Å². The number of phenolic OH excluding ortho intramolecular Hbond substituents is 2. The van der Waals surface area contributed by atoms with Gasteiger partial charge >= 0.3 is 0 Å². The number of carbonyl (C=O) groups excluding carboxylic acids is 1. The maximum Gasteiger partial charge on any atom is 0.257 e. The van der Waals surface area contributed by atoms with E-state index in [4.69, 9.17) is 0 Å². The first-order chi connectivity index (χ1) is 14.4. The van der Waals surface area contributed by atoms with Crippen LogP contribution in [-0.2, 0) is 0 Å². The lowest BCUT2D eigenvalue weighted by atomic mass is 10.0. The number of aromatic nitrogens is 2. The third-order valence-electron chi connectivity index (χ3n) is 5.30. The van der Waals surface area contributed by atoms with E-state index in [-0.39, 0.29) is 23.0 Å². The SMILES string of the molecule is CCCCCCN(C)C(=O)c1cc(-c2ccnn2-c2ccccc2C)c(O)cc1O. The van der Waals surface area contributed by atoms with Crippen LogP contribution in [0.1, 0.15) is 48.5 Å². The van der Waals surface area contributed by atoms with Crippen LogP contribution in [0.3, 0.4) is 0 Å². The van der Waals surface area contributed by atoms with Crippen LogP contribution in [0.15, 0.2) is 48.7 Å². The second kappa shape index (κ2) is 9.48. The van der Waals surface area contributed by atoms with Gasteiger partial charge in [0.2, 0.25) is 0 Å². The van der Waals surface area contributed by atoms with Crippen LogP contribution in [0.25, 0.3) is 16.9 Å². The lowest BCUT2D eigenvalue weighted by Crippen LogP contribution is -2.27. The molecule has 0 aliphatic carbocycles. The predicted octanol–water partition coefficient (Wildman–Crippen LogP) is 4.91. The van der Waals surface area contributed by atoms with E-state index in [0.717, 1.165) is 36.9 Å². The van der Waals surface area contributed by atoms with E-state index >= 15 is 0 Å². The van der Waals surface area contributed by atoms with Crippen LogP contribution >= 0.6 is 0 Å². The smallest absolute Gasteiger partial charge is 0.257 e. The quantitative estimate of drug-likeness (QED) is 0.520. The molecule has 0 aliphatic heterocycles. The van der Waals surface area contributed by atoms with Gasteiger partial charge in [-0.05, 0) is 37.1 Å². The highest BCUT2D eigenvalue weighted by atomic mass is 16.3. The monoisotopic (exact) mass is 407 g/mol. The third kappa shape index (κ3) is 4.48. The maximum atomic E-state index is 12.9. The molecule has 6 heteroatoms. The Morgan fingerprint density at radius 3 is 2.57 bits per heavy atom. The molecule has 30 heavy (non-hydrogen) atoms. The van der Waals surface area contributed by atoms with Gasteiger partial charge in [-0.3, -0.25) is 4.79 Å². The minimum atomic E-state index is -0.271. The van der Waals surface area contributed by atoms with Crippen molar-refractivity contribution in [2.75, 3.05) is 13.6 Å². The number of aromatic hydroxyl groups is 2. The lowest BCUT2D eigenvalue weighted by Gasteiger charge is -2.19. The Kier molecular flexibility index (Phi) is 6.77. The standard InChI is InChI=1S/C24H29N3O3/c1-4-5-6-9-14-26(3)24(30)19-15-18(22(28)16-23(19)29)21-12-13-25-27(21)20-11-8-7-10-17(20)2/h7-8,10-13,15-16,28-29H,4-6,9,14H2,1-3H3. The highest BCUT2D eigenvalue weighted by Gasteiger charge is 2.21. The summed E-state index contributed by atoms with van der Waals surface area (Å²) in [5.74, 6) is -0.610. The average molecular weight is 408 g/mol. The largest absolute Gasteiger partial charge is 0.507 e. The van der Waals surface area contributed by atoms with Crippen molar-refractivity contribution in [1.29, 1.82) is 0 Å². The van der Waals surface area contributed by atoms with E-state index < -0.39 is 0 Å². The van der Waals surface area contributed by atoms with Gasteiger partial charge in [-0.25, -0.2) is 4.68 Å². The van der Waals surface area contributed by atoms with Gasteiger partial charge in [0.05, 0.1) is 23.1 Å². The fourth-order valence-corrected chi connectivity index (χ4v) is 3.54. The van der Waals surface area contributed by atoms with Crippen molar-refractivity contribution in [3.63, 3.8) is 0 Å². The summed E-state index contributed by atoms with van der Waals surface area (Å²) in [4.78, 5) is 14.5. The van der Waals surface area contributed by atoms with Gasteiger partial charge in [0.1, 0.15) is 11.5 Å². The number of hydrogen-bond acceptors (Lipinski definition) is 4. The number of phenols is 2. The van der Waals surface area contributed by atoms with E-state index in [1.165, 1.54) is 6.07 Å². The van der Waals surface area contributed by atoms with Gasteiger partial charge in [-0.1, -0.05) is 44.4 Å². The van der Waals surface area contributed by atoms with Crippen molar-refractivity contribution in [2.24, 2.45) is 0 Å². The molecule has 0 unspecified atom stereocenters. The van der Waals surface area contributed by atoms with E-state index in [1.807, 2.05) is 31.2 Å². The number of benzene rings is 2. The second-order valence-electron chi connectivity index (χ2n) is 7.59. The molecular formula is C24H29N3O3. The molecule has 0 spiro atoms. The van der Waals surface area contributed by atoms with E-state index in [0.29, 0.717) is 17.8 Å². The summed E-state index contributed by atoms with van der Waals surface area (Å²) in [6.07, 6.45) is 5.90. The van der Waals surface area contributed by atoms with Crippen LogP contribution in [0, 0.1) is 6.92 Å². The molecule has 2 aromatic carbocycles. The molecule has 0 bridgehead atoms. The first-order valence-corrected chi connectivity index (χ1v) is 10.4. The number of unbranched alkanes of at least 4 members (excludes halogenated alkanes) is 3. The first-order valence-electron chi connectivity index (χ1n) is 10.4. The van der Waals surface area contributed by atoms with Crippen molar-refractivity contribution in [3.05, 3.63) is 59.8 Å². The van der Waals surface area contributed by atoms with E-state index in [2.05, 4.69) is 12.0 Å². The van der Waals surface area contributed by atoms with Crippen LogP contribution in [0.5, 0.6) is 11.5 Å². The Labute approximate surface area is 177 Å². The molecule has 0 saturated carbocycles. The first kappa shape index (κ1) is 21.4. The number of amides is 1. The van der Waals surface area contributed by atoms with Crippen molar-refractivity contribution in [3.8, 4) is 28.4 Å². The van der Waals surface area contributed by atoms with Gasteiger partial charge < -0.3 is 15.1 Å². The zero-order valence-corrected chi connectivity index (χ0v) is 17.8. The normalized spacial score (nSPS) is 10.9. The van der Waals surface area contributed by atoms with Crippen molar-refractivity contribution >= 4 is 5.91 Å². The summed E-state index contributed by atoms with van der Waals surface area (Å²) in [5, 5.41) is 25.3. The van der Waals surface area contributed by atoms with Crippen molar-refractivity contribution in [2.45, 2.75) is 39.5 Å². The van der Waals surface area contributed by atoms with Gasteiger partial charge in [0.25, 0.3) is 5.91 Å². The summed E-state index contributed by atoms with van der Waals surface area (Å²) < 4.78 is 1.73. The molecule has 0 fully saturated rings. The Bertz CT molecular complexity index is 1030. The van der Waals surface area contributed by atoms with Crippen LogP contribution in [0.2, 0.25) is 0 Å². The number of hydrogen-bond donors (Lipinski definition) is 2. The Morgan fingerprint density at radius 1 is 1.07 bits per heavy atom. The summed E-state index contributed by atoms with van der Waals surface area (Å²) in [5.41, 5.74) is 3.16. The summed E-state index contributed by atoms with van der Waals surface area (Å²) >= 11 is 0. The number of para-hydroxylation sites is 1. The molecule has 2 N–H and O–H groups in total. The molecule has 0 atom stereocenters. The number of aryl methyl sites for hydroxylation is 1. The zero-order chi connectivity index (χ0) is 21.7. The molecule has 1 amide bonds. The van der Waals surface area contributed by atoms with E-state index in [9.17, 15) is 15.0 Å². The number of carbonyl (C=O) groups is 1. The molecule has 0 aliphatic rings. The van der Waals surface area contributed by atoms with Crippen LogP contribution in [-0.4, -0.2) is 44.4 Å². The maximum absolute atomic E-state index is 12.9. The Balaban J connectivity index is 1.95. The topological polar surface area (TPSA) is 78.6 Å². The zero-order valence-electron chi connectivity index (χ0n) is 17.8. The summed E-state index contributed by atoms with van der Waals surface area (Å²) in [7, 11) is 1.73. The molecule has 6 nitrogen and oxygen atoms in total. The minimum absolute atomic E-state index is 0.106. The number of nitrogens with zero attached hydrogens (tertiary/aromatic N) is 3. The average Bonchev–Trinajstić information content (AvgIpc) is 3.20. The Morgan fingerprint density at radius 2 is 1.83 bits per heavy atom. The van der Waals surface area contributed by atoms with Crippen LogP contribution < -0.4 is 0 Å². The molecule has 1 heterocycles. The van der Waals surface area contributed by atoms with Crippen molar-refractivity contribution < 1.29 is 15.0 Å². The number of rotatable bonds is 8. The summed E-state index contributed by atoms with van der Waals surface area (Å²) in [6.45, 7) is 4.75. The van der Waals surface area contributed by atoms with Crippen LogP contribution in [0.4, 0.5) is 0 Å². The molecular weight excluding hydrogens is 378 g/mol. The predicted molar refractivity (Wildman–Crippen MR) is 118 cm³/mol. The van der Waals surface area contributed by atoms with Gasteiger partial charge in [-0.2, -0.15) is 5.10 Å². The fourth-order valence-electron chi connectivity index (χ4n) is 3.54. The molecule has 0 radical (unpaired) electrons. The molecule has 158 valence electrons. The highest BCUT2D eigenvalue weighted by molar-refractivity contribution is 5.98. The minimum Gasteiger partial charge on any atom is -0.507 e. The fraction of sp³-hybridized carbons (Fsp3) is 0.333. The molecule has 0 saturated heterocycles. The second-order valence-corrected chi connectivity index (χ2v) is 7.59. The third-order valence-corrected chi connectivity index (χ3v) is 5.30. The molecule has 3 rings (SSSR count). The van der Waals surface area contributed by atoms with Gasteiger partial charge in [-0.15, -0.1) is 0 Å². The molecule has 1 aromatic heterocycles. The molecule has 3 aromatic rings. The highest BCUT2D eigenvalue weighted by Crippen LogP contribution is 2.36. The summed E-state index contributed by atoms with van der Waals surface area (Å²) in [6, 6.07) is 12.4. The lowest BCUT2D eigenvalue weighted by molar-refractivity contribution is 0.0789.